The van der Waals surface area contributed by atoms with Crippen molar-refractivity contribution in [2.45, 2.75) is 26.3 Å². The predicted molar refractivity (Wildman–Crippen MR) is 104 cm³/mol. The minimum Gasteiger partial charge on any atom is -0.454 e. The fourth-order valence-corrected chi connectivity index (χ4v) is 4.18. The van der Waals surface area contributed by atoms with Gasteiger partial charge in [-0.05, 0) is 30.0 Å². The first-order valence-corrected chi connectivity index (χ1v) is 9.90. The minimum absolute atomic E-state index is 0.175. The third-order valence-corrected chi connectivity index (χ3v) is 5.73. The number of aromatic nitrogens is 2. The second-order valence-electron chi connectivity index (χ2n) is 7.92. The average Bonchev–Trinajstić information content (AvgIpc) is 3.16. The summed E-state index contributed by atoms with van der Waals surface area (Å²) in [6.07, 6.45) is 3.19. The Morgan fingerprint density at radius 1 is 1.11 bits per heavy atom. The number of benzene rings is 1. The van der Waals surface area contributed by atoms with Crippen molar-refractivity contribution >= 4 is 11.7 Å². The fourth-order valence-electron chi connectivity index (χ4n) is 4.18. The Hall–Kier alpha value is -2.67. The summed E-state index contributed by atoms with van der Waals surface area (Å²) in [6.45, 7) is 6.97. The molecule has 7 heteroatoms. The van der Waals surface area contributed by atoms with Gasteiger partial charge < -0.3 is 14.4 Å². The highest BCUT2D eigenvalue weighted by atomic mass is 16.7. The molecule has 1 unspecified atom stereocenters. The molecular formula is C21H24N4O3. The minimum atomic E-state index is 0.175. The number of carbonyl (C=O) groups excluding carboxylic acids is 1. The molecule has 0 saturated carbocycles. The summed E-state index contributed by atoms with van der Waals surface area (Å²) >= 11 is 0. The number of hydrogen-bond acceptors (Lipinski definition) is 7. The van der Waals surface area contributed by atoms with E-state index in [-0.39, 0.29) is 5.78 Å². The maximum absolute atomic E-state index is 12.2. The summed E-state index contributed by atoms with van der Waals surface area (Å²) in [5.41, 5.74) is 2.86. The van der Waals surface area contributed by atoms with Crippen molar-refractivity contribution in [3.05, 3.63) is 41.2 Å². The molecule has 1 atom stereocenters. The summed E-state index contributed by atoms with van der Waals surface area (Å²) in [5, 5.41) is 0. The molecule has 0 N–H and O–H groups in total. The third kappa shape index (κ3) is 3.30. The van der Waals surface area contributed by atoms with Gasteiger partial charge >= 0.3 is 0 Å². The molecule has 1 saturated heterocycles. The largest absolute Gasteiger partial charge is 0.454 e. The van der Waals surface area contributed by atoms with E-state index < -0.39 is 0 Å². The van der Waals surface area contributed by atoms with E-state index in [2.05, 4.69) is 33.8 Å². The molecule has 3 aliphatic rings. The van der Waals surface area contributed by atoms with Gasteiger partial charge in [0, 0.05) is 45.3 Å². The zero-order valence-corrected chi connectivity index (χ0v) is 16.1. The molecule has 0 amide bonds. The lowest BCUT2D eigenvalue weighted by atomic mass is 9.88. The van der Waals surface area contributed by atoms with Crippen LogP contribution in [0.2, 0.25) is 0 Å². The summed E-state index contributed by atoms with van der Waals surface area (Å²) < 4.78 is 10.9. The highest BCUT2D eigenvalue weighted by molar-refractivity contribution is 5.98. The van der Waals surface area contributed by atoms with Gasteiger partial charge in [0.15, 0.2) is 17.3 Å². The average molecular weight is 380 g/mol. The number of ketones is 1. The van der Waals surface area contributed by atoms with Gasteiger partial charge in [-0.15, -0.1) is 0 Å². The quantitative estimate of drug-likeness (QED) is 0.809. The lowest BCUT2D eigenvalue weighted by molar-refractivity contribution is 0.0951. The molecule has 146 valence electrons. The van der Waals surface area contributed by atoms with Crippen LogP contribution in [0.3, 0.4) is 0 Å². The summed E-state index contributed by atoms with van der Waals surface area (Å²) in [5.74, 6) is 2.95. The molecule has 5 rings (SSSR count). The molecule has 2 aliphatic heterocycles. The number of anilines is 1. The second kappa shape index (κ2) is 7.05. The van der Waals surface area contributed by atoms with Crippen LogP contribution in [0.25, 0.3) is 0 Å². The number of carbonyl (C=O) groups is 1. The number of Topliss-reactive ketones (excluding diaryl/α,β-unsaturated/α-hetero) is 1. The summed E-state index contributed by atoms with van der Waals surface area (Å²) in [6, 6.07) is 6.15. The van der Waals surface area contributed by atoms with Crippen molar-refractivity contribution in [2.75, 3.05) is 37.9 Å². The van der Waals surface area contributed by atoms with Crippen molar-refractivity contribution < 1.29 is 14.3 Å². The molecular weight excluding hydrogens is 356 g/mol. The Morgan fingerprint density at radius 2 is 1.93 bits per heavy atom. The summed E-state index contributed by atoms with van der Waals surface area (Å²) in [4.78, 5) is 26.0. The number of piperazine rings is 1. The monoisotopic (exact) mass is 380 g/mol. The van der Waals surface area contributed by atoms with Gasteiger partial charge in [-0.2, -0.15) is 0 Å². The Kier molecular flexibility index (Phi) is 4.39. The van der Waals surface area contributed by atoms with Crippen molar-refractivity contribution in [1.29, 1.82) is 0 Å². The van der Waals surface area contributed by atoms with Gasteiger partial charge in [-0.3, -0.25) is 9.69 Å². The zero-order chi connectivity index (χ0) is 19.1. The molecule has 1 aliphatic carbocycles. The highest BCUT2D eigenvalue weighted by Crippen LogP contribution is 2.33. The first kappa shape index (κ1) is 17.4. The molecule has 0 radical (unpaired) electrons. The third-order valence-electron chi connectivity index (χ3n) is 5.73. The van der Waals surface area contributed by atoms with Gasteiger partial charge in [0.1, 0.15) is 0 Å². The van der Waals surface area contributed by atoms with Crippen molar-refractivity contribution in [3.63, 3.8) is 0 Å². The van der Waals surface area contributed by atoms with E-state index in [0.717, 1.165) is 62.3 Å². The van der Waals surface area contributed by atoms with Crippen LogP contribution in [0, 0.1) is 5.92 Å². The molecule has 1 fully saturated rings. The number of nitrogens with zero attached hydrogens (tertiary/aromatic N) is 4. The van der Waals surface area contributed by atoms with Crippen LogP contribution in [0.15, 0.2) is 24.4 Å². The van der Waals surface area contributed by atoms with Crippen molar-refractivity contribution in [3.8, 4) is 11.5 Å². The maximum atomic E-state index is 12.2. The zero-order valence-electron chi connectivity index (χ0n) is 16.1. The summed E-state index contributed by atoms with van der Waals surface area (Å²) in [7, 11) is 0. The highest BCUT2D eigenvalue weighted by Gasteiger charge is 2.26. The van der Waals surface area contributed by atoms with E-state index in [1.54, 1.807) is 6.20 Å². The standard InChI is InChI=1S/C21H24N4O3/c1-14-8-17-16(18(26)9-14)11-22-21(23-17)25-6-4-24(5-7-25)12-15-2-3-19-20(10-15)28-13-27-19/h2-3,10-11,14H,4-9,12-13H2,1H3. The van der Waals surface area contributed by atoms with E-state index in [4.69, 9.17) is 14.5 Å². The molecule has 7 nitrogen and oxygen atoms in total. The number of rotatable bonds is 3. The molecule has 0 spiro atoms. The SMILES string of the molecule is CC1CC(=O)c2cnc(N3CCN(Cc4ccc5c(c4)OCO5)CC3)nc2C1. The molecule has 2 aromatic rings. The molecule has 28 heavy (non-hydrogen) atoms. The van der Waals surface area contributed by atoms with Gasteiger partial charge in [0.2, 0.25) is 12.7 Å². The number of ether oxygens (including phenoxy) is 2. The van der Waals surface area contributed by atoms with Crippen molar-refractivity contribution in [2.24, 2.45) is 5.92 Å². The first-order chi connectivity index (χ1) is 13.7. The van der Waals surface area contributed by atoms with E-state index in [1.807, 2.05) is 6.07 Å². The lowest BCUT2D eigenvalue weighted by Crippen LogP contribution is -2.46. The van der Waals surface area contributed by atoms with Gasteiger partial charge in [-0.1, -0.05) is 13.0 Å². The second-order valence-corrected chi connectivity index (χ2v) is 7.92. The molecule has 3 heterocycles. The molecule has 1 aromatic carbocycles. The Bertz CT molecular complexity index is 909. The lowest BCUT2D eigenvalue weighted by Gasteiger charge is -2.35. The van der Waals surface area contributed by atoms with Gasteiger partial charge in [-0.25, -0.2) is 9.97 Å². The normalized spacial score (nSPS) is 21.7. The van der Waals surface area contributed by atoms with Crippen LogP contribution >= 0.6 is 0 Å². The van der Waals surface area contributed by atoms with Crippen LogP contribution in [-0.2, 0) is 13.0 Å². The number of hydrogen-bond donors (Lipinski definition) is 0. The fraction of sp³-hybridized carbons (Fsp3) is 0.476. The van der Waals surface area contributed by atoms with Gasteiger partial charge in [0.05, 0.1) is 11.3 Å². The van der Waals surface area contributed by atoms with E-state index in [0.29, 0.717) is 24.7 Å². The Labute approximate surface area is 164 Å². The predicted octanol–water partition coefficient (Wildman–Crippen LogP) is 2.29. The van der Waals surface area contributed by atoms with E-state index >= 15 is 0 Å². The number of fused-ring (bicyclic) bond motifs is 2. The topological polar surface area (TPSA) is 67.8 Å². The smallest absolute Gasteiger partial charge is 0.231 e. The maximum Gasteiger partial charge on any atom is 0.231 e. The van der Waals surface area contributed by atoms with Crippen LogP contribution < -0.4 is 14.4 Å². The van der Waals surface area contributed by atoms with Crippen LogP contribution in [-0.4, -0.2) is 53.6 Å². The van der Waals surface area contributed by atoms with Crippen LogP contribution in [0.1, 0.15) is 35.0 Å². The van der Waals surface area contributed by atoms with Crippen molar-refractivity contribution in [1.82, 2.24) is 14.9 Å². The van der Waals surface area contributed by atoms with Gasteiger partial charge in [0.25, 0.3) is 0 Å². The van der Waals surface area contributed by atoms with E-state index in [1.165, 1.54) is 5.56 Å². The Morgan fingerprint density at radius 3 is 2.79 bits per heavy atom. The van der Waals surface area contributed by atoms with E-state index in [9.17, 15) is 4.79 Å². The molecule has 0 bridgehead atoms. The molecule has 1 aromatic heterocycles. The van der Waals surface area contributed by atoms with Crippen LogP contribution in [0.4, 0.5) is 5.95 Å². The first-order valence-electron chi connectivity index (χ1n) is 9.90. The Balaban J connectivity index is 1.23. The van der Waals surface area contributed by atoms with Crippen LogP contribution in [0.5, 0.6) is 11.5 Å².